The van der Waals surface area contributed by atoms with E-state index in [0.29, 0.717) is 20.8 Å². The van der Waals surface area contributed by atoms with E-state index in [2.05, 4.69) is 10.9 Å². The Balaban J connectivity index is 2.81. The van der Waals surface area contributed by atoms with Crippen molar-refractivity contribution in [1.29, 1.82) is 0 Å². The van der Waals surface area contributed by atoms with Gasteiger partial charge in [0, 0.05) is 5.02 Å². The number of alkyl halides is 1. The number of hydrogen-bond donors (Lipinski definition) is 2. The zero-order valence-electron chi connectivity index (χ0n) is 7.28. The molecule has 1 aromatic rings. The van der Waals surface area contributed by atoms with Crippen LogP contribution in [0, 0.1) is 0 Å². The van der Waals surface area contributed by atoms with Gasteiger partial charge in [-0.05, 0) is 12.1 Å². The number of anilines is 1. The molecular weight excluding hydrogens is 282 g/mol. The fraction of sp³-hybridized carbons (Fsp3) is 0.125. The number of rotatable bonds is 3. The molecule has 1 amide bonds. The molecule has 0 aliphatic carbocycles. The zero-order valence-corrected chi connectivity index (χ0v) is 10.3. The van der Waals surface area contributed by atoms with E-state index < -0.39 is 5.91 Å². The van der Waals surface area contributed by atoms with Crippen molar-refractivity contribution >= 4 is 58.0 Å². The molecule has 1 aromatic carbocycles. The van der Waals surface area contributed by atoms with E-state index in [9.17, 15) is 4.79 Å². The van der Waals surface area contributed by atoms with Crippen molar-refractivity contribution in [3.63, 3.8) is 0 Å². The molecule has 0 spiro atoms. The number of halogens is 4. The van der Waals surface area contributed by atoms with Crippen molar-refractivity contribution < 1.29 is 4.79 Å². The normalized spacial score (nSPS) is 9.87. The third kappa shape index (κ3) is 3.61. The Bertz CT molecular complexity index is 360. The predicted molar refractivity (Wildman–Crippen MR) is 64.0 cm³/mol. The molecule has 0 fully saturated rings. The molecule has 3 nitrogen and oxygen atoms in total. The highest BCUT2D eigenvalue weighted by Gasteiger charge is 2.08. The maximum Gasteiger partial charge on any atom is 0.253 e. The number of benzene rings is 1. The van der Waals surface area contributed by atoms with E-state index in [1.54, 1.807) is 0 Å². The Morgan fingerprint density at radius 3 is 2.20 bits per heavy atom. The molecular formula is C8H6Cl4N2O. The number of hydrazine groups is 1. The Morgan fingerprint density at radius 1 is 1.20 bits per heavy atom. The van der Waals surface area contributed by atoms with E-state index in [4.69, 9.17) is 46.4 Å². The van der Waals surface area contributed by atoms with Gasteiger partial charge in [-0.15, -0.1) is 11.6 Å². The van der Waals surface area contributed by atoms with Gasteiger partial charge in [-0.3, -0.25) is 15.6 Å². The van der Waals surface area contributed by atoms with Crippen LogP contribution in [0.4, 0.5) is 5.69 Å². The summed E-state index contributed by atoms with van der Waals surface area (Å²) in [6.45, 7) is 0. The number of amides is 1. The van der Waals surface area contributed by atoms with Crippen LogP contribution in [0.1, 0.15) is 0 Å². The van der Waals surface area contributed by atoms with E-state index >= 15 is 0 Å². The summed E-state index contributed by atoms with van der Waals surface area (Å²) in [6.07, 6.45) is 0. The standard InChI is InChI=1S/C8H6Cl4N2O/c9-3-7(15)13-14-8-5(11)1-4(10)2-6(8)12/h1-2,14H,3H2,(H,13,15). The largest absolute Gasteiger partial charge is 0.296 e. The first-order chi connectivity index (χ1) is 7.04. The van der Waals surface area contributed by atoms with Crippen molar-refractivity contribution in [3.05, 3.63) is 27.2 Å². The van der Waals surface area contributed by atoms with Crippen molar-refractivity contribution in [2.75, 3.05) is 11.3 Å². The van der Waals surface area contributed by atoms with E-state index in [1.165, 1.54) is 12.1 Å². The molecule has 0 aromatic heterocycles. The first-order valence-corrected chi connectivity index (χ1v) is 5.47. The van der Waals surface area contributed by atoms with Gasteiger partial charge in [0.25, 0.3) is 5.91 Å². The Hall–Kier alpha value is -0.350. The molecule has 0 atom stereocenters. The Kier molecular flexibility index (Phi) is 4.80. The molecule has 0 aliphatic heterocycles. The minimum atomic E-state index is -0.390. The third-order valence-electron chi connectivity index (χ3n) is 1.46. The molecule has 0 bridgehead atoms. The van der Waals surface area contributed by atoms with Gasteiger partial charge >= 0.3 is 0 Å². The molecule has 0 aliphatic rings. The summed E-state index contributed by atoms with van der Waals surface area (Å²) >= 11 is 22.7. The molecule has 82 valence electrons. The summed E-state index contributed by atoms with van der Waals surface area (Å²) in [5, 5.41) is 1.03. The van der Waals surface area contributed by atoms with Gasteiger partial charge in [-0.2, -0.15) is 0 Å². The highest BCUT2D eigenvalue weighted by Crippen LogP contribution is 2.32. The maximum atomic E-state index is 10.9. The highest BCUT2D eigenvalue weighted by molar-refractivity contribution is 6.41. The van der Waals surface area contributed by atoms with E-state index in [-0.39, 0.29) is 5.88 Å². The van der Waals surface area contributed by atoms with Crippen LogP contribution < -0.4 is 10.9 Å². The molecule has 7 heteroatoms. The SMILES string of the molecule is O=C(CCl)NNc1c(Cl)cc(Cl)cc1Cl. The smallest absolute Gasteiger partial charge is 0.253 e. The third-order valence-corrected chi connectivity index (χ3v) is 2.51. The summed E-state index contributed by atoms with van der Waals surface area (Å²) in [5.41, 5.74) is 5.25. The van der Waals surface area contributed by atoms with Gasteiger partial charge in [-0.1, -0.05) is 34.8 Å². The van der Waals surface area contributed by atoms with Gasteiger partial charge in [0.1, 0.15) is 5.88 Å². The lowest BCUT2D eigenvalue weighted by Gasteiger charge is -2.10. The van der Waals surface area contributed by atoms with Crippen molar-refractivity contribution in [2.24, 2.45) is 0 Å². The second-order valence-electron chi connectivity index (χ2n) is 2.55. The molecule has 0 radical (unpaired) electrons. The topological polar surface area (TPSA) is 41.1 Å². The fourth-order valence-electron chi connectivity index (χ4n) is 0.827. The highest BCUT2D eigenvalue weighted by atomic mass is 35.5. The molecule has 15 heavy (non-hydrogen) atoms. The quantitative estimate of drug-likeness (QED) is 0.661. The van der Waals surface area contributed by atoms with Crippen molar-refractivity contribution in [2.45, 2.75) is 0 Å². The minimum absolute atomic E-state index is 0.157. The lowest BCUT2D eigenvalue weighted by atomic mass is 10.3. The molecule has 1 rings (SSSR count). The van der Waals surface area contributed by atoms with Crippen LogP contribution >= 0.6 is 46.4 Å². The first-order valence-electron chi connectivity index (χ1n) is 3.80. The molecule has 0 saturated carbocycles. The van der Waals surface area contributed by atoms with Crippen LogP contribution in [0.5, 0.6) is 0 Å². The van der Waals surface area contributed by atoms with Gasteiger partial charge in [-0.25, -0.2) is 0 Å². The average molecular weight is 288 g/mol. The zero-order chi connectivity index (χ0) is 11.4. The van der Waals surface area contributed by atoms with Gasteiger partial charge in [0.05, 0.1) is 15.7 Å². The number of nitrogens with one attached hydrogen (secondary N) is 2. The number of carbonyl (C=O) groups excluding carboxylic acids is 1. The summed E-state index contributed by atoms with van der Waals surface area (Å²) in [6, 6.07) is 3.01. The summed E-state index contributed by atoms with van der Waals surface area (Å²) < 4.78 is 0. The first kappa shape index (κ1) is 12.7. The van der Waals surface area contributed by atoms with Crippen LogP contribution in [-0.2, 0) is 4.79 Å². The second kappa shape index (κ2) is 5.66. The Labute approximate surface area is 107 Å². The summed E-state index contributed by atoms with van der Waals surface area (Å²) in [4.78, 5) is 10.9. The molecule has 2 N–H and O–H groups in total. The number of carbonyl (C=O) groups is 1. The van der Waals surface area contributed by atoms with Crippen LogP contribution in [-0.4, -0.2) is 11.8 Å². The monoisotopic (exact) mass is 286 g/mol. The van der Waals surface area contributed by atoms with Crippen molar-refractivity contribution in [3.8, 4) is 0 Å². The van der Waals surface area contributed by atoms with Gasteiger partial charge in [0.2, 0.25) is 0 Å². The van der Waals surface area contributed by atoms with E-state index in [0.717, 1.165) is 0 Å². The van der Waals surface area contributed by atoms with E-state index in [1.807, 2.05) is 0 Å². The van der Waals surface area contributed by atoms with Crippen LogP contribution in [0.2, 0.25) is 15.1 Å². The van der Waals surface area contributed by atoms with Crippen LogP contribution in [0.25, 0.3) is 0 Å². The maximum absolute atomic E-state index is 10.9. The lowest BCUT2D eigenvalue weighted by Crippen LogP contribution is -2.30. The Morgan fingerprint density at radius 2 is 1.73 bits per heavy atom. The van der Waals surface area contributed by atoms with Gasteiger partial charge < -0.3 is 0 Å². The predicted octanol–water partition coefficient (Wildman–Crippen LogP) is 3.33. The summed E-state index contributed by atoms with van der Waals surface area (Å²) in [7, 11) is 0. The second-order valence-corrected chi connectivity index (χ2v) is 4.07. The summed E-state index contributed by atoms with van der Waals surface area (Å²) in [5.74, 6) is -0.547. The fourth-order valence-corrected chi connectivity index (χ4v) is 1.81. The average Bonchev–Trinajstić information content (AvgIpc) is 2.15. The van der Waals surface area contributed by atoms with Gasteiger partial charge in [0.15, 0.2) is 0 Å². The molecule has 0 unspecified atom stereocenters. The molecule has 0 heterocycles. The van der Waals surface area contributed by atoms with Crippen molar-refractivity contribution in [1.82, 2.24) is 5.43 Å². The van der Waals surface area contributed by atoms with Crippen LogP contribution in [0.15, 0.2) is 12.1 Å². The lowest BCUT2D eigenvalue weighted by molar-refractivity contribution is -0.118. The minimum Gasteiger partial charge on any atom is -0.296 e. The van der Waals surface area contributed by atoms with Crippen LogP contribution in [0.3, 0.4) is 0 Å². The number of hydrogen-bond acceptors (Lipinski definition) is 2. The molecule has 0 saturated heterocycles.